The molecule has 1 unspecified atom stereocenters. The molecule has 1 aliphatic rings. The number of amides is 1. The number of hydrogen-bond acceptors (Lipinski definition) is 3. The van der Waals surface area contributed by atoms with Gasteiger partial charge in [-0.25, -0.2) is 0 Å². The van der Waals surface area contributed by atoms with Gasteiger partial charge < -0.3 is 10.1 Å². The summed E-state index contributed by atoms with van der Waals surface area (Å²) in [5, 5.41) is 4.10. The van der Waals surface area contributed by atoms with Gasteiger partial charge in [-0.3, -0.25) is 9.78 Å². The lowest BCUT2D eigenvalue weighted by atomic mass is 9.82. The van der Waals surface area contributed by atoms with Crippen molar-refractivity contribution in [3.8, 4) is 5.75 Å². The average molecular weight is 332 g/mol. The first-order valence-electron chi connectivity index (χ1n) is 8.58. The first-order chi connectivity index (χ1) is 12.2. The maximum atomic E-state index is 12.3. The molecule has 0 spiro atoms. The lowest BCUT2D eigenvalue weighted by molar-refractivity contribution is -0.116. The van der Waals surface area contributed by atoms with Gasteiger partial charge in [0, 0.05) is 35.7 Å². The number of aromatic nitrogens is 1. The Bertz CT molecular complexity index is 965. The maximum absolute atomic E-state index is 12.3. The third-order valence-corrected chi connectivity index (χ3v) is 4.76. The Morgan fingerprint density at radius 2 is 2.04 bits per heavy atom. The van der Waals surface area contributed by atoms with Crippen LogP contribution in [-0.2, 0) is 4.79 Å². The number of pyridine rings is 1. The zero-order valence-electron chi connectivity index (χ0n) is 14.4. The van der Waals surface area contributed by atoms with E-state index in [1.54, 1.807) is 0 Å². The molecular formula is C21H20N2O2. The molecule has 0 bridgehead atoms. The Labute approximate surface area is 146 Å². The molecule has 2 aromatic carbocycles. The normalized spacial score (nSPS) is 16.4. The summed E-state index contributed by atoms with van der Waals surface area (Å²) in [4.78, 5) is 16.8. The monoisotopic (exact) mass is 332 g/mol. The minimum atomic E-state index is 0.0201. The molecule has 1 atom stereocenters. The number of carbonyl (C=O) groups is 1. The first kappa shape index (κ1) is 15.6. The Hall–Kier alpha value is -2.88. The quantitative estimate of drug-likeness (QED) is 0.772. The molecule has 4 heteroatoms. The molecule has 4 nitrogen and oxygen atoms in total. The van der Waals surface area contributed by atoms with Crippen LogP contribution in [0.3, 0.4) is 0 Å². The van der Waals surface area contributed by atoms with Crippen LogP contribution in [0.1, 0.15) is 36.0 Å². The highest BCUT2D eigenvalue weighted by Gasteiger charge is 2.28. The lowest BCUT2D eigenvalue weighted by Gasteiger charge is -2.27. The van der Waals surface area contributed by atoms with Crippen molar-refractivity contribution in [3.05, 3.63) is 65.4 Å². The Kier molecular flexibility index (Phi) is 3.88. The van der Waals surface area contributed by atoms with Crippen molar-refractivity contribution in [1.29, 1.82) is 0 Å². The van der Waals surface area contributed by atoms with Crippen molar-refractivity contribution in [1.82, 2.24) is 4.98 Å². The highest BCUT2D eigenvalue weighted by molar-refractivity contribution is 5.97. The third-order valence-electron chi connectivity index (χ3n) is 4.76. The molecule has 0 saturated heterocycles. The second kappa shape index (κ2) is 6.20. The number of ether oxygens (including phenoxy) is 1. The van der Waals surface area contributed by atoms with Crippen LogP contribution < -0.4 is 10.1 Å². The summed E-state index contributed by atoms with van der Waals surface area (Å²) >= 11 is 0. The zero-order chi connectivity index (χ0) is 17.4. The molecule has 4 rings (SSSR count). The minimum absolute atomic E-state index is 0.0201. The second-order valence-corrected chi connectivity index (χ2v) is 6.36. The van der Waals surface area contributed by atoms with Crippen molar-refractivity contribution in [2.45, 2.75) is 26.2 Å². The largest absolute Gasteiger partial charge is 0.494 e. The lowest BCUT2D eigenvalue weighted by Crippen LogP contribution is -2.23. The first-order valence-corrected chi connectivity index (χ1v) is 8.58. The Morgan fingerprint density at radius 3 is 2.88 bits per heavy atom. The highest BCUT2D eigenvalue weighted by Crippen LogP contribution is 2.41. The maximum Gasteiger partial charge on any atom is 0.225 e. The van der Waals surface area contributed by atoms with Crippen LogP contribution in [-0.4, -0.2) is 17.5 Å². The average Bonchev–Trinajstić information content (AvgIpc) is 2.62. The fourth-order valence-corrected chi connectivity index (χ4v) is 3.62. The number of nitrogens with one attached hydrogen (secondary N) is 1. The van der Waals surface area contributed by atoms with E-state index in [9.17, 15) is 4.79 Å². The second-order valence-electron chi connectivity index (χ2n) is 6.36. The van der Waals surface area contributed by atoms with Crippen molar-refractivity contribution in [2.75, 3.05) is 11.9 Å². The standard InChI is InChI=1S/C21H20N2O2/c1-3-25-14-7-9-16-18(12-20(24)23-19(16)11-14)15-8-6-13(2)21-17(15)5-4-10-22-21/h4-11,18H,3,12H2,1-2H3,(H,23,24). The molecule has 2 heterocycles. The predicted octanol–water partition coefficient (Wildman–Crippen LogP) is 4.42. The van der Waals surface area contributed by atoms with Gasteiger partial charge in [0.1, 0.15) is 5.75 Å². The Balaban J connectivity index is 1.88. The molecule has 126 valence electrons. The molecule has 0 saturated carbocycles. The van der Waals surface area contributed by atoms with E-state index in [0.717, 1.165) is 39.0 Å². The van der Waals surface area contributed by atoms with Gasteiger partial charge in [0.15, 0.2) is 0 Å². The van der Waals surface area contributed by atoms with Gasteiger partial charge in [0.05, 0.1) is 12.1 Å². The van der Waals surface area contributed by atoms with E-state index in [-0.39, 0.29) is 11.8 Å². The van der Waals surface area contributed by atoms with Gasteiger partial charge in [-0.2, -0.15) is 0 Å². The molecule has 0 aliphatic carbocycles. The van der Waals surface area contributed by atoms with E-state index in [4.69, 9.17) is 4.74 Å². The van der Waals surface area contributed by atoms with E-state index in [1.807, 2.05) is 31.3 Å². The predicted molar refractivity (Wildman–Crippen MR) is 99.2 cm³/mol. The summed E-state index contributed by atoms with van der Waals surface area (Å²) in [6, 6.07) is 14.2. The minimum Gasteiger partial charge on any atom is -0.494 e. The van der Waals surface area contributed by atoms with Crippen LogP contribution in [0, 0.1) is 6.92 Å². The molecule has 25 heavy (non-hydrogen) atoms. The molecule has 3 aromatic rings. The number of aryl methyl sites for hydroxylation is 1. The van der Waals surface area contributed by atoms with Crippen LogP contribution in [0.4, 0.5) is 5.69 Å². The van der Waals surface area contributed by atoms with Crippen LogP contribution in [0.25, 0.3) is 10.9 Å². The number of anilines is 1. The van der Waals surface area contributed by atoms with Gasteiger partial charge >= 0.3 is 0 Å². The molecule has 1 aliphatic heterocycles. The molecule has 1 amide bonds. The summed E-state index contributed by atoms with van der Waals surface area (Å²) in [6.07, 6.45) is 2.25. The van der Waals surface area contributed by atoms with Crippen LogP contribution >= 0.6 is 0 Å². The summed E-state index contributed by atoms with van der Waals surface area (Å²) in [5.41, 5.74) is 5.25. The number of benzene rings is 2. The third kappa shape index (κ3) is 2.74. The molecule has 1 N–H and O–H groups in total. The van der Waals surface area contributed by atoms with Crippen molar-refractivity contribution < 1.29 is 9.53 Å². The van der Waals surface area contributed by atoms with Gasteiger partial charge in [-0.05, 0) is 42.7 Å². The van der Waals surface area contributed by atoms with Gasteiger partial charge in [-0.1, -0.05) is 24.3 Å². The molecular weight excluding hydrogens is 312 g/mol. The number of carbonyl (C=O) groups excluding carboxylic acids is 1. The molecule has 0 fully saturated rings. The smallest absolute Gasteiger partial charge is 0.225 e. The van der Waals surface area contributed by atoms with Gasteiger partial charge in [-0.15, -0.1) is 0 Å². The van der Waals surface area contributed by atoms with Gasteiger partial charge in [0.2, 0.25) is 5.91 Å². The number of hydrogen-bond donors (Lipinski definition) is 1. The summed E-state index contributed by atoms with van der Waals surface area (Å²) in [6.45, 7) is 4.62. The summed E-state index contributed by atoms with van der Waals surface area (Å²) in [5.74, 6) is 0.827. The SMILES string of the molecule is CCOc1ccc2c(c1)NC(=O)CC2c1ccc(C)c2ncccc12. The fourth-order valence-electron chi connectivity index (χ4n) is 3.62. The van der Waals surface area contributed by atoms with Gasteiger partial charge in [0.25, 0.3) is 0 Å². The van der Waals surface area contributed by atoms with E-state index in [1.165, 1.54) is 0 Å². The zero-order valence-corrected chi connectivity index (χ0v) is 14.4. The number of fused-ring (bicyclic) bond motifs is 2. The number of rotatable bonds is 3. The van der Waals surface area contributed by atoms with E-state index < -0.39 is 0 Å². The molecule has 1 aromatic heterocycles. The van der Waals surface area contributed by atoms with Crippen molar-refractivity contribution >= 4 is 22.5 Å². The number of nitrogens with zero attached hydrogens (tertiary/aromatic N) is 1. The van der Waals surface area contributed by atoms with Crippen LogP contribution in [0.15, 0.2) is 48.7 Å². The Morgan fingerprint density at radius 1 is 1.20 bits per heavy atom. The fraction of sp³-hybridized carbons (Fsp3) is 0.238. The highest BCUT2D eigenvalue weighted by atomic mass is 16.5. The van der Waals surface area contributed by atoms with Crippen LogP contribution in [0.2, 0.25) is 0 Å². The van der Waals surface area contributed by atoms with Crippen molar-refractivity contribution in [2.24, 2.45) is 0 Å². The van der Waals surface area contributed by atoms with E-state index in [0.29, 0.717) is 13.0 Å². The topological polar surface area (TPSA) is 51.2 Å². The molecule has 0 radical (unpaired) electrons. The van der Waals surface area contributed by atoms with Crippen molar-refractivity contribution in [3.63, 3.8) is 0 Å². The van der Waals surface area contributed by atoms with Crippen LogP contribution in [0.5, 0.6) is 5.75 Å². The van der Waals surface area contributed by atoms with E-state index >= 15 is 0 Å². The summed E-state index contributed by atoms with van der Waals surface area (Å²) in [7, 11) is 0. The van der Waals surface area contributed by atoms with E-state index in [2.05, 4.69) is 41.5 Å². The summed E-state index contributed by atoms with van der Waals surface area (Å²) < 4.78 is 5.57.